The lowest BCUT2D eigenvalue weighted by atomic mass is 9.91. The molecule has 0 N–H and O–H groups in total. The number of esters is 1. The molecule has 1 aliphatic rings. The monoisotopic (exact) mass is 568 g/mol. The Labute approximate surface area is 242 Å². The molecular formula is C33H32N2O5S. The van der Waals surface area contributed by atoms with E-state index in [9.17, 15) is 9.59 Å². The van der Waals surface area contributed by atoms with Gasteiger partial charge in [0.25, 0.3) is 5.56 Å². The third kappa shape index (κ3) is 5.47. The van der Waals surface area contributed by atoms with E-state index < -0.39 is 12.0 Å². The molecule has 41 heavy (non-hydrogen) atoms. The minimum Gasteiger partial charge on any atom is -0.497 e. The Balaban J connectivity index is 1.82. The van der Waals surface area contributed by atoms with E-state index >= 15 is 0 Å². The number of rotatable bonds is 8. The zero-order chi connectivity index (χ0) is 29.1. The maximum absolute atomic E-state index is 14.1. The van der Waals surface area contributed by atoms with Crippen molar-refractivity contribution in [1.82, 2.24) is 4.57 Å². The predicted octanol–water partition coefficient (Wildman–Crippen LogP) is 5.08. The van der Waals surface area contributed by atoms with Crippen LogP contribution in [0, 0.1) is 0 Å². The van der Waals surface area contributed by atoms with Crippen molar-refractivity contribution in [2.24, 2.45) is 4.99 Å². The number of methoxy groups -OCH3 is 2. The third-order valence-electron chi connectivity index (χ3n) is 7.02. The Bertz CT molecular complexity index is 1780. The van der Waals surface area contributed by atoms with Crippen molar-refractivity contribution >= 4 is 29.1 Å². The van der Waals surface area contributed by atoms with Gasteiger partial charge >= 0.3 is 5.97 Å². The van der Waals surface area contributed by atoms with E-state index in [0.29, 0.717) is 43.6 Å². The van der Waals surface area contributed by atoms with Crippen LogP contribution in [0.4, 0.5) is 0 Å². The fraction of sp³-hybridized carbons (Fsp3) is 0.242. The fourth-order valence-electron chi connectivity index (χ4n) is 4.91. The molecule has 4 aromatic rings. The van der Waals surface area contributed by atoms with Gasteiger partial charge in [-0.3, -0.25) is 9.36 Å². The van der Waals surface area contributed by atoms with Crippen LogP contribution < -0.4 is 24.4 Å². The van der Waals surface area contributed by atoms with Crippen LogP contribution in [0.2, 0.25) is 0 Å². The summed E-state index contributed by atoms with van der Waals surface area (Å²) >= 11 is 1.27. The average molecular weight is 569 g/mol. The molecule has 0 saturated heterocycles. The number of aromatic nitrogens is 1. The Morgan fingerprint density at radius 1 is 1.02 bits per heavy atom. The highest BCUT2D eigenvalue weighted by Crippen LogP contribution is 2.35. The van der Waals surface area contributed by atoms with Crippen LogP contribution in [0.5, 0.6) is 11.5 Å². The van der Waals surface area contributed by atoms with Crippen molar-refractivity contribution in [3.63, 3.8) is 0 Å². The first-order valence-corrected chi connectivity index (χ1v) is 14.3. The van der Waals surface area contributed by atoms with Crippen LogP contribution >= 0.6 is 11.3 Å². The molecule has 1 atom stereocenters. The van der Waals surface area contributed by atoms with Gasteiger partial charge in [0.15, 0.2) is 4.80 Å². The lowest BCUT2D eigenvalue weighted by molar-refractivity contribution is -0.138. The van der Waals surface area contributed by atoms with Gasteiger partial charge in [0.2, 0.25) is 0 Å². The summed E-state index contributed by atoms with van der Waals surface area (Å²) in [6.45, 7) is 6.22. The lowest BCUT2D eigenvalue weighted by Crippen LogP contribution is -2.40. The maximum atomic E-state index is 14.1. The SMILES string of the molecule is CCOC(=O)C1=C(c2ccccc2)N=c2s/c(=C\c3cc(OC)ccc3OC)c(=O)n2[C@H]1c1ccc(C(C)C)cc1. The summed E-state index contributed by atoms with van der Waals surface area (Å²) in [6, 6.07) is 22.3. The first-order valence-electron chi connectivity index (χ1n) is 13.5. The summed E-state index contributed by atoms with van der Waals surface area (Å²) in [6.07, 6.45) is 1.78. The van der Waals surface area contributed by atoms with E-state index in [2.05, 4.69) is 13.8 Å². The molecule has 210 valence electrons. The molecule has 0 fully saturated rings. The number of ether oxygens (including phenoxy) is 3. The summed E-state index contributed by atoms with van der Waals surface area (Å²) < 4.78 is 18.6. The van der Waals surface area contributed by atoms with Gasteiger partial charge in [-0.2, -0.15) is 0 Å². The Morgan fingerprint density at radius 3 is 2.39 bits per heavy atom. The van der Waals surface area contributed by atoms with Crippen molar-refractivity contribution in [3.05, 3.63) is 120 Å². The predicted molar refractivity (Wildman–Crippen MR) is 161 cm³/mol. The van der Waals surface area contributed by atoms with Crippen LogP contribution in [-0.2, 0) is 9.53 Å². The first-order chi connectivity index (χ1) is 19.9. The summed E-state index contributed by atoms with van der Waals surface area (Å²) in [5, 5.41) is 0. The number of hydrogen-bond donors (Lipinski definition) is 0. The van der Waals surface area contributed by atoms with Crippen molar-refractivity contribution in [2.45, 2.75) is 32.7 Å². The standard InChI is InChI=1S/C33H32N2O5S/c1-6-40-32(37)28-29(22-10-8-7-9-11-22)34-33-35(30(28)23-14-12-21(13-15-23)20(2)3)31(36)27(41-33)19-24-18-25(38-4)16-17-26(24)39-5/h7-20,30H,6H2,1-5H3/b27-19-/t30-/m0/s1. The van der Waals surface area contributed by atoms with E-state index in [0.717, 1.165) is 16.7 Å². The first kappa shape index (κ1) is 28.1. The average Bonchev–Trinajstić information content (AvgIpc) is 3.30. The van der Waals surface area contributed by atoms with Crippen LogP contribution in [0.1, 0.15) is 55.0 Å². The minimum atomic E-state index is -0.726. The van der Waals surface area contributed by atoms with Crippen LogP contribution in [-0.4, -0.2) is 31.4 Å². The van der Waals surface area contributed by atoms with Gasteiger partial charge in [-0.1, -0.05) is 79.8 Å². The Kier molecular flexibility index (Phi) is 8.21. The highest BCUT2D eigenvalue weighted by atomic mass is 32.1. The molecule has 0 amide bonds. The molecule has 2 heterocycles. The zero-order valence-corrected chi connectivity index (χ0v) is 24.5. The molecule has 3 aromatic carbocycles. The molecule has 7 nitrogen and oxygen atoms in total. The second kappa shape index (κ2) is 12.0. The second-order valence-electron chi connectivity index (χ2n) is 9.86. The van der Waals surface area contributed by atoms with Crippen molar-refractivity contribution < 1.29 is 19.0 Å². The molecule has 0 radical (unpaired) electrons. The van der Waals surface area contributed by atoms with Gasteiger partial charge in [0.05, 0.1) is 42.7 Å². The van der Waals surface area contributed by atoms with E-state index in [1.54, 1.807) is 43.9 Å². The summed E-state index contributed by atoms with van der Waals surface area (Å²) in [4.78, 5) is 33.2. The van der Waals surface area contributed by atoms with E-state index in [-0.39, 0.29) is 12.2 Å². The topological polar surface area (TPSA) is 79.1 Å². The largest absolute Gasteiger partial charge is 0.497 e. The number of hydrogen-bond acceptors (Lipinski definition) is 7. The van der Waals surface area contributed by atoms with Gasteiger partial charge in [-0.25, -0.2) is 9.79 Å². The lowest BCUT2D eigenvalue weighted by Gasteiger charge is -2.26. The number of fused-ring (bicyclic) bond motifs is 1. The summed E-state index contributed by atoms with van der Waals surface area (Å²) in [5.74, 6) is 1.08. The van der Waals surface area contributed by atoms with E-state index in [4.69, 9.17) is 19.2 Å². The Hall–Kier alpha value is -4.43. The molecule has 0 unspecified atom stereocenters. The normalized spacial score (nSPS) is 15.0. The van der Waals surface area contributed by atoms with Crippen molar-refractivity contribution in [2.75, 3.05) is 20.8 Å². The van der Waals surface area contributed by atoms with Gasteiger partial charge < -0.3 is 14.2 Å². The minimum absolute atomic E-state index is 0.198. The van der Waals surface area contributed by atoms with E-state index in [1.807, 2.05) is 60.7 Å². The van der Waals surface area contributed by atoms with E-state index in [1.165, 1.54) is 11.3 Å². The summed E-state index contributed by atoms with van der Waals surface area (Å²) in [5.41, 5.74) is 3.99. The number of carbonyl (C=O) groups excluding carboxylic acids is 1. The maximum Gasteiger partial charge on any atom is 0.338 e. The number of carbonyl (C=O) groups is 1. The van der Waals surface area contributed by atoms with Gasteiger partial charge in [0.1, 0.15) is 11.5 Å². The molecule has 1 aliphatic heterocycles. The van der Waals surface area contributed by atoms with Gasteiger partial charge in [0, 0.05) is 11.1 Å². The molecule has 0 bridgehead atoms. The number of benzene rings is 3. The van der Waals surface area contributed by atoms with Crippen LogP contribution in [0.3, 0.4) is 0 Å². The fourth-order valence-corrected chi connectivity index (χ4v) is 5.90. The summed E-state index contributed by atoms with van der Waals surface area (Å²) in [7, 11) is 3.17. The molecule has 0 aliphatic carbocycles. The third-order valence-corrected chi connectivity index (χ3v) is 8.00. The smallest absolute Gasteiger partial charge is 0.338 e. The number of thiazole rings is 1. The zero-order valence-electron chi connectivity index (χ0n) is 23.7. The van der Waals surface area contributed by atoms with Gasteiger partial charge in [-0.05, 0) is 48.2 Å². The second-order valence-corrected chi connectivity index (χ2v) is 10.9. The molecule has 8 heteroatoms. The van der Waals surface area contributed by atoms with Crippen molar-refractivity contribution in [1.29, 1.82) is 0 Å². The highest BCUT2D eigenvalue weighted by Gasteiger charge is 2.35. The molecule has 1 aromatic heterocycles. The number of nitrogens with zero attached hydrogens (tertiary/aromatic N) is 2. The quantitative estimate of drug-likeness (QED) is 0.277. The highest BCUT2D eigenvalue weighted by molar-refractivity contribution is 7.07. The molecular weight excluding hydrogens is 536 g/mol. The van der Waals surface area contributed by atoms with Crippen LogP contribution in [0.15, 0.2) is 88.2 Å². The molecule has 0 spiro atoms. The molecule has 0 saturated carbocycles. The Morgan fingerprint density at radius 2 is 1.76 bits per heavy atom. The van der Waals surface area contributed by atoms with Crippen molar-refractivity contribution in [3.8, 4) is 11.5 Å². The van der Waals surface area contributed by atoms with Gasteiger partial charge in [-0.15, -0.1) is 0 Å². The molecule has 5 rings (SSSR count). The van der Waals surface area contributed by atoms with Crippen LogP contribution in [0.25, 0.3) is 11.8 Å².